The number of rotatable bonds is 4. The van der Waals surface area contributed by atoms with E-state index in [-0.39, 0.29) is 16.8 Å². The van der Waals surface area contributed by atoms with Crippen LogP contribution >= 0.6 is 0 Å². The smallest absolute Gasteiger partial charge is 0.251 e. The molecule has 0 aliphatic rings. The fourth-order valence-electron chi connectivity index (χ4n) is 1.48. The second-order valence-corrected chi connectivity index (χ2v) is 6.55. The molecular weight excluding hydrogens is 250 g/mol. The lowest BCUT2D eigenvalue weighted by Crippen LogP contribution is -2.32. The Bertz CT molecular complexity index is 549. The van der Waals surface area contributed by atoms with Gasteiger partial charge in [0.2, 0.25) is 0 Å². The van der Waals surface area contributed by atoms with Crippen LogP contribution in [0.15, 0.2) is 23.1 Å². The summed E-state index contributed by atoms with van der Waals surface area (Å²) in [6.07, 6.45) is 1.96. The van der Waals surface area contributed by atoms with Gasteiger partial charge in [0, 0.05) is 17.9 Å². The van der Waals surface area contributed by atoms with E-state index in [4.69, 9.17) is 0 Å². The quantitative estimate of drug-likeness (QED) is 0.908. The van der Waals surface area contributed by atoms with Gasteiger partial charge in [-0.2, -0.15) is 0 Å². The number of sulfone groups is 1. The maximum absolute atomic E-state index is 12.0. The number of benzene rings is 1. The molecule has 1 amide bonds. The Morgan fingerprint density at radius 2 is 2.00 bits per heavy atom. The highest BCUT2D eigenvalue weighted by Gasteiger charge is 2.15. The Morgan fingerprint density at radius 1 is 1.39 bits per heavy atom. The summed E-state index contributed by atoms with van der Waals surface area (Å²) in [5, 5.41) is 2.83. The van der Waals surface area contributed by atoms with E-state index in [9.17, 15) is 13.2 Å². The normalized spacial score (nSPS) is 13.1. The molecule has 0 saturated heterocycles. The minimum atomic E-state index is -3.29. The second-order valence-electron chi connectivity index (χ2n) is 4.53. The molecule has 0 aliphatic heterocycles. The van der Waals surface area contributed by atoms with Gasteiger partial charge in [0.05, 0.1) is 4.90 Å². The first kappa shape index (κ1) is 14.7. The number of carbonyl (C=O) groups is 1. The summed E-state index contributed by atoms with van der Waals surface area (Å²) in [6, 6.07) is 4.67. The second kappa shape index (κ2) is 5.52. The zero-order valence-corrected chi connectivity index (χ0v) is 12.0. The Balaban J connectivity index is 3.12. The molecule has 1 aromatic rings. The molecule has 1 N–H and O–H groups in total. The van der Waals surface area contributed by atoms with Crippen molar-refractivity contribution in [2.45, 2.75) is 38.1 Å². The van der Waals surface area contributed by atoms with E-state index in [1.165, 1.54) is 12.1 Å². The Hall–Kier alpha value is -1.36. The van der Waals surface area contributed by atoms with Crippen molar-refractivity contribution in [1.82, 2.24) is 5.32 Å². The molecule has 0 heterocycles. The third kappa shape index (κ3) is 3.57. The van der Waals surface area contributed by atoms with Crippen LogP contribution in [0.4, 0.5) is 0 Å². The molecule has 0 saturated carbocycles. The Kier molecular flexibility index (Phi) is 4.51. The number of hydrogen-bond donors (Lipinski definition) is 1. The number of carbonyl (C=O) groups excluding carboxylic acids is 1. The summed E-state index contributed by atoms with van der Waals surface area (Å²) in [4.78, 5) is 12.2. The van der Waals surface area contributed by atoms with E-state index in [1.54, 1.807) is 13.0 Å². The molecule has 0 aliphatic carbocycles. The SMILES string of the molecule is CCC(C)NC(=O)c1cc(S(C)(=O)=O)ccc1C. The molecule has 18 heavy (non-hydrogen) atoms. The molecule has 1 aromatic carbocycles. The van der Waals surface area contributed by atoms with Crippen molar-refractivity contribution in [3.8, 4) is 0 Å². The molecule has 0 spiro atoms. The highest BCUT2D eigenvalue weighted by molar-refractivity contribution is 7.90. The van der Waals surface area contributed by atoms with Crippen LogP contribution in [-0.2, 0) is 9.84 Å². The van der Waals surface area contributed by atoms with E-state index >= 15 is 0 Å². The number of amides is 1. The lowest BCUT2D eigenvalue weighted by molar-refractivity contribution is 0.0938. The van der Waals surface area contributed by atoms with Gasteiger partial charge in [-0.1, -0.05) is 13.0 Å². The van der Waals surface area contributed by atoms with Crippen molar-refractivity contribution >= 4 is 15.7 Å². The van der Waals surface area contributed by atoms with Crippen molar-refractivity contribution in [3.63, 3.8) is 0 Å². The van der Waals surface area contributed by atoms with E-state index in [2.05, 4.69) is 5.32 Å². The van der Waals surface area contributed by atoms with Gasteiger partial charge in [-0.25, -0.2) is 8.42 Å². The molecule has 0 aromatic heterocycles. The molecule has 100 valence electrons. The van der Waals surface area contributed by atoms with Crippen molar-refractivity contribution in [1.29, 1.82) is 0 Å². The Labute approximate surface area is 108 Å². The summed E-state index contributed by atoms with van der Waals surface area (Å²) in [7, 11) is -3.29. The van der Waals surface area contributed by atoms with E-state index in [0.29, 0.717) is 5.56 Å². The zero-order chi connectivity index (χ0) is 13.9. The van der Waals surface area contributed by atoms with Crippen molar-refractivity contribution in [2.24, 2.45) is 0 Å². The van der Waals surface area contributed by atoms with Gasteiger partial charge in [-0.3, -0.25) is 4.79 Å². The van der Waals surface area contributed by atoms with Gasteiger partial charge in [-0.15, -0.1) is 0 Å². The van der Waals surface area contributed by atoms with Crippen LogP contribution in [0, 0.1) is 6.92 Å². The van der Waals surface area contributed by atoms with Crippen LogP contribution in [0.25, 0.3) is 0 Å². The lowest BCUT2D eigenvalue weighted by Gasteiger charge is -2.13. The van der Waals surface area contributed by atoms with Crippen molar-refractivity contribution in [3.05, 3.63) is 29.3 Å². The molecule has 1 unspecified atom stereocenters. The molecule has 1 rings (SSSR count). The van der Waals surface area contributed by atoms with Gasteiger partial charge in [0.15, 0.2) is 9.84 Å². The fourth-order valence-corrected chi connectivity index (χ4v) is 2.13. The monoisotopic (exact) mass is 269 g/mol. The first-order valence-corrected chi connectivity index (χ1v) is 7.76. The standard InChI is InChI=1S/C13H19NO3S/c1-5-10(3)14-13(15)12-8-11(18(4,16)17)7-6-9(12)2/h6-8,10H,5H2,1-4H3,(H,14,15). The first-order valence-electron chi connectivity index (χ1n) is 5.87. The third-order valence-electron chi connectivity index (χ3n) is 2.87. The number of hydrogen-bond acceptors (Lipinski definition) is 3. The predicted octanol–water partition coefficient (Wildman–Crippen LogP) is 1.93. The number of aryl methyl sites for hydroxylation is 1. The van der Waals surface area contributed by atoms with Gasteiger partial charge < -0.3 is 5.32 Å². The van der Waals surface area contributed by atoms with Crippen LogP contribution < -0.4 is 5.32 Å². The summed E-state index contributed by atoms with van der Waals surface area (Å²) < 4.78 is 22.9. The summed E-state index contributed by atoms with van der Waals surface area (Å²) in [5.74, 6) is -0.229. The summed E-state index contributed by atoms with van der Waals surface area (Å²) in [6.45, 7) is 5.68. The maximum Gasteiger partial charge on any atom is 0.251 e. The summed E-state index contributed by atoms with van der Waals surface area (Å²) in [5.41, 5.74) is 1.18. The van der Waals surface area contributed by atoms with Crippen LogP contribution in [0.2, 0.25) is 0 Å². The van der Waals surface area contributed by atoms with Crippen molar-refractivity contribution in [2.75, 3.05) is 6.26 Å². The molecule has 5 heteroatoms. The largest absolute Gasteiger partial charge is 0.350 e. The highest BCUT2D eigenvalue weighted by Crippen LogP contribution is 2.15. The van der Waals surface area contributed by atoms with E-state index < -0.39 is 9.84 Å². The van der Waals surface area contributed by atoms with Gasteiger partial charge in [0.1, 0.15) is 0 Å². The van der Waals surface area contributed by atoms with Crippen LogP contribution in [-0.4, -0.2) is 26.6 Å². The molecule has 0 radical (unpaired) electrons. The van der Waals surface area contributed by atoms with Gasteiger partial charge in [-0.05, 0) is 38.0 Å². The molecule has 1 atom stereocenters. The summed E-state index contributed by atoms with van der Waals surface area (Å²) >= 11 is 0. The maximum atomic E-state index is 12.0. The fraction of sp³-hybridized carbons (Fsp3) is 0.462. The van der Waals surface area contributed by atoms with Crippen LogP contribution in [0.3, 0.4) is 0 Å². The lowest BCUT2D eigenvalue weighted by atomic mass is 10.1. The van der Waals surface area contributed by atoms with Crippen LogP contribution in [0.5, 0.6) is 0 Å². The average Bonchev–Trinajstić information content (AvgIpc) is 2.27. The third-order valence-corrected chi connectivity index (χ3v) is 3.98. The predicted molar refractivity (Wildman–Crippen MR) is 71.5 cm³/mol. The molecule has 0 fully saturated rings. The van der Waals surface area contributed by atoms with E-state index in [1.807, 2.05) is 13.8 Å². The Morgan fingerprint density at radius 3 is 2.50 bits per heavy atom. The van der Waals surface area contributed by atoms with E-state index in [0.717, 1.165) is 18.2 Å². The van der Waals surface area contributed by atoms with Gasteiger partial charge >= 0.3 is 0 Å². The topological polar surface area (TPSA) is 63.2 Å². The minimum absolute atomic E-state index is 0.0683. The highest BCUT2D eigenvalue weighted by atomic mass is 32.2. The number of nitrogens with one attached hydrogen (secondary N) is 1. The minimum Gasteiger partial charge on any atom is -0.350 e. The van der Waals surface area contributed by atoms with Crippen LogP contribution in [0.1, 0.15) is 36.2 Å². The first-order chi connectivity index (χ1) is 8.25. The van der Waals surface area contributed by atoms with Crippen molar-refractivity contribution < 1.29 is 13.2 Å². The zero-order valence-electron chi connectivity index (χ0n) is 11.1. The molecule has 4 nitrogen and oxygen atoms in total. The average molecular weight is 269 g/mol. The molecular formula is C13H19NO3S. The van der Waals surface area contributed by atoms with Gasteiger partial charge in [0.25, 0.3) is 5.91 Å². The molecule has 0 bridgehead atoms.